The van der Waals surface area contributed by atoms with Gasteiger partial charge in [0.05, 0.1) is 6.54 Å². The van der Waals surface area contributed by atoms with E-state index in [1.807, 2.05) is 11.8 Å². The van der Waals surface area contributed by atoms with Crippen molar-refractivity contribution < 1.29 is 4.79 Å². The van der Waals surface area contributed by atoms with Crippen molar-refractivity contribution in [2.75, 3.05) is 37.6 Å². The van der Waals surface area contributed by atoms with Crippen LogP contribution in [0.3, 0.4) is 0 Å². The Morgan fingerprint density at radius 3 is 2.75 bits per heavy atom. The van der Waals surface area contributed by atoms with Crippen LogP contribution in [0.4, 0.5) is 5.69 Å². The molecule has 0 aliphatic carbocycles. The SMILES string of the molecule is CCNC(=NCc1cccc(N2CC=CC2)c1)NC1CCN(C(=O)CC)C1.I. The Morgan fingerprint density at radius 2 is 2.04 bits per heavy atom. The minimum Gasteiger partial charge on any atom is -0.364 e. The molecule has 0 spiro atoms. The van der Waals surface area contributed by atoms with Gasteiger partial charge >= 0.3 is 0 Å². The van der Waals surface area contributed by atoms with Crippen LogP contribution < -0.4 is 15.5 Å². The molecule has 3 rings (SSSR count). The summed E-state index contributed by atoms with van der Waals surface area (Å²) in [6.07, 6.45) is 5.94. The van der Waals surface area contributed by atoms with Gasteiger partial charge in [0.15, 0.2) is 5.96 Å². The molecular formula is C21H32IN5O. The number of guanidine groups is 1. The Bertz CT molecular complexity index is 698. The number of halogens is 1. The summed E-state index contributed by atoms with van der Waals surface area (Å²) in [5, 5.41) is 6.81. The lowest BCUT2D eigenvalue weighted by Gasteiger charge is -2.19. The van der Waals surface area contributed by atoms with Gasteiger partial charge in [-0.25, -0.2) is 4.99 Å². The number of benzene rings is 1. The summed E-state index contributed by atoms with van der Waals surface area (Å²) in [6, 6.07) is 8.86. The average Bonchev–Trinajstić information content (AvgIpc) is 3.38. The first-order valence-electron chi connectivity index (χ1n) is 10.0. The maximum absolute atomic E-state index is 11.9. The van der Waals surface area contributed by atoms with E-state index >= 15 is 0 Å². The second-order valence-electron chi connectivity index (χ2n) is 7.06. The minimum absolute atomic E-state index is 0. The second-order valence-corrected chi connectivity index (χ2v) is 7.06. The monoisotopic (exact) mass is 497 g/mol. The maximum Gasteiger partial charge on any atom is 0.222 e. The summed E-state index contributed by atoms with van der Waals surface area (Å²) in [6.45, 7) is 8.98. The number of hydrogen-bond donors (Lipinski definition) is 2. The molecule has 1 aromatic rings. The lowest BCUT2D eigenvalue weighted by atomic mass is 10.2. The Balaban J connectivity index is 0.00000280. The minimum atomic E-state index is 0. The number of carbonyl (C=O) groups excluding carboxylic acids is 1. The first kappa shape index (κ1) is 22.5. The van der Waals surface area contributed by atoms with Crippen molar-refractivity contribution in [1.82, 2.24) is 15.5 Å². The van der Waals surface area contributed by atoms with Crippen molar-refractivity contribution >= 4 is 41.5 Å². The average molecular weight is 497 g/mol. The van der Waals surface area contributed by atoms with Crippen LogP contribution in [0.25, 0.3) is 0 Å². The quantitative estimate of drug-likeness (QED) is 0.275. The van der Waals surface area contributed by atoms with Crippen LogP contribution >= 0.6 is 24.0 Å². The number of anilines is 1. The van der Waals surface area contributed by atoms with E-state index in [9.17, 15) is 4.79 Å². The van der Waals surface area contributed by atoms with Crippen LogP contribution in [0, 0.1) is 0 Å². The highest BCUT2D eigenvalue weighted by Crippen LogP contribution is 2.19. The number of hydrogen-bond acceptors (Lipinski definition) is 3. The first-order chi connectivity index (χ1) is 13.2. The molecule has 6 nitrogen and oxygen atoms in total. The molecule has 0 saturated carbocycles. The summed E-state index contributed by atoms with van der Waals surface area (Å²) >= 11 is 0. The fourth-order valence-electron chi connectivity index (χ4n) is 3.55. The van der Waals surface area contributed by atoms with Gasteiger partial charge in [-0.1, -0.05) is 31.2 Å². The van der Waals surface area contributed by atoms with Crippen LogP contribution in [0.15, 0.2) is 41.4 Å². The highest BCUT2D eigenvalue weighted by molar-refractivity contribution is 14.0. The number of rotatable bonds is 6. The summed E-state index contributed by atoms with van der Waals surface area (Å²) < 4.78 is 0. The van der Waals surface area contributed by atoms with Gasteiger partial charge in [0.25, 0.3) is 0 Å². The Hall–Kier alpha value is -1.77. The molecule has 1 unspecified atom stereocenters. The van der Waals surface area contributed by atoms with Crippen molar-refractivity contribution in [3.05, 3.63) is 42.0 Å². The molecule has 1 amide bonds. The van der Waals surface area contributed by atoms with Crippen molar-refractivity contribution in [2.24, 2.45) is 4.99 Å². The van der Waals surface area contributed by atoms with E-state index < -0.39 is 0 Å². The number of likely N-dealkylation sites (tertiary alicyclic amines) is 1. The normalized spacial score (nSPS) is 18.9. The number of amides is 1. The molecule has 1 fully saturated rings. The van der Waals surface area contributed by atoms with Gasteiger partial charge in [0, 0.05) is 50.9 Å². The molecule has 0 radical (unpaired) electrons. The third-order valence-corrected chi connectivity index (χ3v) is 5.04. The molecule has 0 bridgehead atoms. The maximum atomic E-state index is 11.9. The number of nitrogens with one attached hydrogen (secondary N) is 2. The molecule has 1 atom stereocenters. The molecule has 1 saturated heterocycles. The number of carbonyl (C=O) groups is 1. The van der Waals surface area contributed by atoms with E-state index in [1.54, 1.807) is 0 Å². The molecular weight excluding hydrogens is 465 g/mol. The van der Waals surface area contributed by atoms with Crippen molar-refractivity contribution in [3.8, 4) is 0 Å². The summed E-state index contributed by atoms with van der Waals surface area (Å²) in [7, 11) is 0. The fraction of sp³-hybridized carbons (Fsp3) is 0.524. The highest BCUT2D eigenvalue weighted by atomic mass is 127. The zero-order valence-corrected chi connectivity index (χ0v) is 19.2. The van der Waals surface area contributed by atoms with Crippen molar-refractivity contribution in [2.45, 2.75) is 39.3 Å². The summed E-state index contributed by atoms with van der Waals surface area (Å²) in [4.78, 5) is 20.9. The predicted octanol–water partition coefficient (Wildman–Crippen LogP) is 2.75. The van der Waals surface area contributed by atoms with Crippen LogP contribution in [0.2, 0.25) is 0 Å². The summed E-state index contributed by atoms with van der Waals surface area (Å²) in [5.74, 6) is 1.05. The zero-order chi connectivity index (χ0) is 19.1. The van der Waals surface area contributed by atoms with Crippen LogP contribution in [0.5, 0.6) is 0 Å². The van der Waals surface area contributed by atoms with Gasteiger partial charge in [-0.05, 0) is 31.0 Å². The van der Waals surface area contributed by atoms with Gasteiger partial charge in [-0.15, -0.1) is 24.0 Å². The van der Waals surface area contributed by atoms with E-state index in [0.29, 0.717) is 13.0 Å². The second kappa shape index (κ2) is 11.3. The first-order valence-corrected chi connectivity index (χ1v) is 10.0. The van der Waals surface area contributed by atoms with Crippen LogP contribution in [-0.4, -0.2) is 55.5 Å². The standard InChI is InChI=1S/C21H31N5O.HI/c1-3-20(27)26-13-10-18(16-26)24-21(22-4-2)23-15-17-8-7-9-19(14-17)25-11-5-6-12-25;/h5-9,14,18H,3-4,10-13,15-16H2,1-2H3,(H2,22,23,24);1H. The predicted molar refractivity (Wildman–Crippen MR) is 126 cm³/mol. The molecule has 2 aliphatic heterocycles. The fourth-order valence-corrected chi connectivity index (χ4v) is 3.55. The van der Waals surface area contributed by atoms with Gasteiger partial charge in [0.1, 0.15) is 0 Å². The van der Waals surface area contributed by atoms with E-state index in [-0.39, 0.29) is 35.9 Å². The lowest BCUT2D eigenvalue weighted by Crippen LogP contribution is -2.45. The molecule has 2 heterocycles. The van der Waals surface area contributed by atoms with Crippen molar-refractivity contribution in [3.63, 3.8) is 0 Å². The van der Waals surface area contributed by atoms with Gasteiger partial charge in [-0.3, -0.25) is 4.79 Å². The van der Waals surface area contributed by atoms with Crippen molar-refractivity contribution in [1.29, 1.82) is 0 Å². The van der Waals surface area contributed by atoms with Crippen LogP contribution in [-0.2, 0) is 11.3 Å². The van der Waals surface area contributed by atoms with Crippen LogP contribution in [0.1, 0.15) is 32.3 Å². The molecule has 2 aliphatic rings. The number of aliphatic imine (C=N–C) groups is 1. The topological polar surface area (TPSA) is 60.0 Å². The Kier molecular flexibility index (Phi) is 9.08. The van der Waals surface area contributed by atoms with Gasteiger partial charge in [0.2, 0.25) is 5.91 Å². The molecule has 154 valence electrons. The van der Waals surface area contributed by atoms with E-state index in [1.165, 1.54) is 11.3 Å². The molecule has 28 heavy (non-hydrogen) atoms. The largest absolute Gasteiger partial charge is 0.364 e. The smallest absolute Gasteiger partial charge is 0.222 e. The summed E-state index contributed by atoms with van der Waals surface area (Å²) in [5.41, 5.74) is 2.45. The van der Waals surface area contributed by atoms with E-state index in [4.69, 9.17) is 4.99 Å². The van der Waals surface area contributed by atoms with Gasteiger partial charge in [-0.2, -0.15) is 0 Å². The zero-order valence-electron chi connectivity index (χ0n) is 16.9. The third-order valence-electron chi connectivity index (χ3n) is 5.04. The van der Waals surface area contributed by atoms with E-state index in [0.717, 1.165) is 45.1 Å². The Labute approximate surface area is 185 Å². The molecule has 1 aromatic carbocycles. The molecule has 0 aromatic heterocycles. The Morgan fingerprint density at radius 1 is 1.25 bits per heavy atom. The lowest BCUT2D eigenvalue weighted by molar-refractivity contribution is -0.129. The van der Waals surface area contributed by atoms with E-state index in [2.05, 4.69) is 58.9 Å². The highest BCUT2D eigenvalue weighted by Gasteiger charge is 2.25. The van der Waals surface area contributed by atoms with Gasteiger partial charge < -0.3 is 20.4 Å². The molecule has 7 heteroatoms. The number of nitrogens with zero attached hydrogens (tertiary/aromatic N) is 3. The molecule has 2 N–H and O–H groups in total. The third kappa shape index (κ3) is 6.12.